The van der Waals surface area contributed by atoms with E-state index in [1.165, 1.54) is 0 Å². The molecular weight excluding hydrogens is 292 g/mol. The monoisotopic (exact) mass is 318 g/mol. The number of ether oxygens (including phenoxy) is 1. The molecule has 0 aromatic heterocycles. The molecule has 126 valence electrons. The van der Waals surface area contributed by atoms with Crippen molar-refractivity contribution in [1.29, 1.82) is 0 Å². The highest BCUT2D eigenvalue weighted by Crippen LogP contribution is 2.16. The van der Waals surface area contributed by atoms with Crippen LogP contribution in [-0.4, -0.2) is 42.6 Å². The molecule has 1 aromatic rings. The van der Waals surface area contributed by atoms with Gasteiger partial charge in [-0.15, -0.1) is 0 Å². The first-order valence-corrected chi connectivity index (χ1v) is 8.25. The Labute approximate surface area is 138 Å². The second kappa shape index (κ2) is 7.99. The third-order valence-corrected chi connectivity index (χ3v) is 4.03. The molecule has 0 saturated carbocycles. The van der Waals surface area contributed by atoms with Crippen LogP contribution in [0, 0.1) is 12.8 Å². The number of carbonyl (C=O) groups is 2. The molecule has 0 aliphatic carbocycles. The minimum Gasteiger partial charge on any atom is -0.449 e. The third kappa shape index (κ3) is 4.98. The molecule has 1 heterocycles. The Morgan fingerprint density at radius 1 is 1.26 bits per heavy atom. The predicted octanol–water partition coefficient (Wildman–Crippen LogP) is 2.98. The van der Waals surface area contributed by atoms with Crippen LogP contribution in [0.3, 0.4) is 0 Å². The molecule has 1 saturated heterocycles. The fraction of sp³-hybridized carbons (Fsp3) is 0.556. The number of rotatable bonds is 4. The lowest BCUT2D eigenvalue weighted by molar-refractivity contribution is 0.0699. The van der Waals surface area contributed by atoms with Crippen molar-refractivity contribution >= 4 is 12.0 Å². The summed E-state index contributed by atoms with van der Waals surface area (Å²) in [5, 5.41) is 2.89. The van der Waals surface area contributed by atoms with Gasteiger partial charge >= 0.3 is 6.09 Å². The first kappa shape index (κ1) is 17.3. The highest BCUT2D eigenvalue weighted by Gasteiger charge is 2.25. The van der Waals surface area contributed by atoms with Gasteiger partial charge in [0.15, 0.2) is 0 Å². The molecule has 2 amide bonds. The zero-order valence-electron chi connectivity index (χ0n) is 14.2. The van der Waals surface area contributed by atoms with Crippen LogP contribution < -0.4 is 5.32 Å². The van der Waals surface area contributed by atoms with Crippen LogP contribution in [0.4, 0.5) is 4.79 Å². The summed E-state index contributed by atoms with van der Waals surface area (Å²) >= 11 is 0. The first-order valence-electron chi connectivity index (χ1n) is 8.25. The molecule has 5 nitrogen and oxygen atoms in total. The number of hydrogen-bond donors (Lipinski definition) is 1. The zero-order valence-corrected chi connectivity index (χ0v) is 14.2. The van der Waals surface area contributed by atoms with Gasteiger partial charge in [-0.3, -0.25) is 4.79 Å². The summed E-state index contributed by atoms with van der Waals surface area (Å²) < 4.78 is 5.13. The van der Waals surface area contributed by atoms with E-state index < -0.39 is 0 Å². The van der Waals surface area contributed by atoms with Crippen LogP contribution in [0.15, 0.2) is 24.3 Å². The van der Waals surface area contributed by atoms with Crippen molar-refractivity contribution in [2.75, 3.05) is 19.7 Å². The van der Waals surface area contributed by atoms with Gasteiger partial charge in [0.25, 0.3) is 5.91 Å². The van der Waals surface area contributed by atoms with Crippen molar-refractivity contribution in [2.24, 2.45) is 5.92 Å². The molecule has 2 rings (SSSR count). The highest BCUT2D eigenvalue weighted by atomic mass is 16.5. The molecule has 0 atom stereocenters. The Balaban J connectivity index is 1.81. The fourth-order valence-electron chi connectivity index (χ4n) is 2.66. The molecule has 0 radical (unpaired) electrons. The summed E-state index contributed by atoms with van der Waals surface area (Å²) in [6, 6.07) is 7.72. The van der Waals surface area contributed by atoms with Crippen LogP contribution in [0.25, 0.3) is 0 Å². The second-order valence-corrected chi connectivity index (χ2v) is 6.52. The normalized spacial score (nSPS) is 15.6. The van der Waals surface area contributed by atoms with Gasteiger partial charge in [0.1, 0.15) is 0 Å². The maximum absolute atomic E-state index is 12.5. The summed E-state index contributed by atoms with van der Waals surface area (Å²) in [5.41, 5.74) is 1.75. The van der Waals surface area contributed by atoms with E-state index in [-0.39, 0.29) is 18.0 Å². The molecule has 23 heavy (non-hydrogen) atoms. The summed E-state index contributed by atoms with van der Waals surface area (Å²) in [7, 11) is 0. The lowest BCUT2D eigenvalue weighted by atomic mass is 10.0. The van der Waals surface area contributed by atoms with Gasteiger partial charge in [-0.05, 0) is 37.3 Å². The number of nitrogens with one attached hydrogen (secondary N) is 1. The molecule has 0 bridgehead atoms. The van der Waals surface area contributed by atoms with E-state index >= 15 is 0 Å². The average molecular weight is 318 g/mol. The zero-order chi connectivity index (χ0) is 16.8. The number of nitrogens with zero attached hydrogens (tertiary/aromatic N) is 1. The molecule has 1 aliphatic rings. The molecule has 5 heteroatoms. The van der Waals surface area contributed by atoms with Gasteiger partial charge in [0, 0.05) is 24.7 Å². The van der Waals surface area contributed by atoms with Crippen LogP contribution in [-0.2, 0) is 4.74 Å². The van der Waals surface area contributed by atoms with Gasteiger partial charge in [-0.2, -0.15) is 0 Å². The van der Waals surface area contributed by atoms with E-state index in [2.05, 4.69) is 5.32 Å². The quantitative estimate of drug-likeness (QED) is 0.928. The van der Waals surface area contributed by atoms with Gasteiger partial charge in [-0.25, -0.2) is 4.79 Å². The van der Waals surface area contributed by atoms with Gasteiger partial charge in [-0.1, -0.05) is 32.0 Å². The summed E-state index contributed by atoms with van der Waals surface area (Å²) in [6.07, 6.45) is 1.16. The summed E-state index contributed by atoms with van der Waals surface area (Å²) in [5.74, 6) is 0.401. The van der Waals surface area contributed by atoms with E-state index in [1.54, 1.807) is 0 Å². The number of carbonyl (C=O) groups excluding carboxylic acids is 2. The predicted molar refractivity (Wildman–Crippen MR) is 89.4 cm³/mol. The van der Waals surface area contributed by atoms with Gasteiger partial charge < -0.3 is 15.0 Å². The van der Waals surface area contributed by atoms with E-state index in [4.69, 9.17) is 4.74 Å². The van der Waals surface area contributed by atoms with Crippen LogP contribution in [0.1, 0.15) is 42.6 Å². The SMILES string of the molecule is Cc1ccccc1C(=O)N1CCC(NC(=O)OCC(C)C)CC1. The van der Waals surface area contributed by atoms with E-state index in [0.29, 0.717) is 25.6 Å². The number of benzene rings is 1. The third-order valence-electron chi connectivity index (χ3n) is 4.03. The summed E-state index contributed by atoms with van der Waals surface area (Å²) in [4.78, 5) is 26.1. The molecule has 0 unspecified atom stereocenters. The molecule has 1 aliphatic heterocycles. The number of hydrogen-bond acceptors (Lipinski definition) is 3. The molecular formula is C18H26N2O3. The largest absolute Gasteiger partial charge is 0.449 e. The van der Waals surface area contributed by atoms with E-state index in [1.807, 2.05) is 49.9 Å². The van der Waals surface area contributed by atoms with Crippen molar-refractivity contribution in [1.82, 2.24) is 10.2 Å². The Morgan fingerprint density at radius 3 is 2.52 bits per heavy atom. The lowest BCUT2D eigenvalue weighted by Crippen LogP contribution is -2.46. The number of piperidine rings is 1. The van der Waals surface area contributed by atoms with Crippen molar-refractivity contribution in [3.63, 3.8) is 0 Å². The highest BCUT2D eigenvalue weighted by molar-refractivity contribution is 5.95. The van der Waals surface area contributed by atoms with Crippen LogP contribution in [0.5, 0.6) is 0 Å². The van der Waals surface area contributed by atoms with Crippen molar-refractivity contribution in [3.8, 4) is 0 Å². The minimum atomic E-state index is -0.359. The number of aryl methyl sites for hydroxylation is 1. The van der Waals surface area contributed by atoms with Crippen LogP contribution >= 0.6 is 0 Å². The van der Waals surface area contributed by atoms with Crippen molar-refractivity contribution < 1.29 is 14.3 Å². The van der Waals surface area contributed by atoms with E-state index in [0.717, 1.165) is 24.0 Å². The molecule has 0 spiro atoms. The van der Waals surface area contributed by atoms with Crippen molar-refractivity contribution in [3.05, 3.63) is 35.4 Å². The summed E-state index contributed by atoms with van der Waals surface area (Å²) in [6.45, 7) is 7.69. The Kier molecular flexibility index (Phi) is 6.02. The van der Waals surface area contributed by atoms with Crippen molar-refractivity contribution in [2.45, 2.75) is 39.7 Å². The smallest absolute Gasteiger partial charge is 0.407 e. The number of alkyl carbamates (subject to hydrolysis) is 1. The second-order valence-electron chi connectivity index (χ2n) is 6.52. The fourth-order valence-corrected chi connectivity index (χ4v) is 2.66. The maximum Gasteiger partial charge on any atom is 0.407 e. The van der Waals surface area contributed by atoms with Crippen LogP contribution in [0.2, 0.25) is 0 Å². The number of amides is 2. The average Bonchev–Trinajstić information content (AvgIpc) is 2.53. The topological polar surface area (TPSA) is 58.6 Å². The van der Waals surface area contributed by atoms with E-state index in [9.17, 15) is 9.59 Å². The minimum absolute atomic E-state index is 0.0731. The lowest BCUT2D eigenvalue weighted by Gasteiger charge is -2.32. The Hall–Kier alpha value is -2.04. The molecule has 1 N–H and O–H groups in total. The number of likely N-dealkylation sites (tertiary alicyclic amines) is 1. The Morgan fingerprint density at radius 2 is 1.91 bits per heavy atom. The first-order chi connectivity index (χ1) is 11.0. The maximum atomic E-state index is 12.5. The Bertz CT molecular complexity index is 549. The van der Waals surface area contributed by atoms with Gasteiger partial charge in [0.2, 0.25) is 0 Å². The molecule has 1 aromatic carbocycles. The van der Waals surface area contributed by atoms with Gasteiger partial charge in [0.05, 0.1) is 6.61 Å². The molecule has 1 fully saturated rings. The standard InChI is InChI=1S/C18H26N2O3/c1-13(2)12-23-18(22)19-15-8-10-20(11-9-15)17(21)16-7-5-4-6-14(16)3/h4-7,13,15H,8-12H2,1-3H3,(H,19,22).